The van der Waals surface area contributed by atoms with Crippen molar-refractivity contribution in [2.24, 2.45) is 0 Å². The van der Waals surface area contributed by atoms with Crippen LogP contribution in [0.5, 0.6) is 0 Å². The summed E-state index contributed by atoms with van der Waals surface area (Å²) in [4.78, 5) is 0. The van der Waals surface area contributed by atoms with E-state index in [0.29, 0.717) is 0 Å². The van der Waals surface area contributed by atoms with Crippen LogP contribution in [0.2, 0.25) is 0 Å². The van der Waals surface area contributed by atoms with E-state index >= 15 is 0 Å². The molecule has 4 heavy (non-hydrogen) atoms. The molecule has 4 heteroatoms. The fourth-order valence-corrected chi connectivity index (χ4v) is 0. The molecule has 0 atom stereocenters. The van der Waals surface area contributed by atoms with Gasteiger partial charge < -0.3 is 0 Å². The van der Waals surface area contributed by atoms with E-state index in [2.05, 4.69) is 0 Å². The molecule has 0 fully saturated rings. The third-order valence-corrected chi connectivity index (χ3v) is 0. The summed E-state index contributed by atoms with van der Waals surface area (Å²) in [5, 5.41) is 0. The summed E-state index contributed by atoms with van der Waals surface area (Å²) >= 11 is 0. The Hall–Kier alpha value is 1.73. The van der Waals surface area contributed by atoms with Crippen LogP contribution in [0.25, 0.3) is 0 Å². The smallest absolute Gasteiger partial charge is 0 e. The molecular formula is BCoNiRe. The van der Waals surface area contributed by atoms with Gasteiger partial charge in [-0.25, -0.2) is 0 Å². The maximum absolute atomic E-state index is 0. The third-order valence-electron chi connectivity index (χ3n) is 0. The van der Waals surface area contributed by atoms with Gasteiger partial charge in [0.15, 0.2) is 0 Å². The van der Waals surface area contributed by atoms with Gasteiger partial charge in [0.05, 0.1) is 0 Å². The van der Waals surface area contributed by atoms with Crippen LogP contribution in [0.15, 0.2) is 0 Å². The van der Waals surface area contributed by atoms with E-state index in [-0.39, 0.29) is 62.1 Å². The van der Waals surface area contributed by atoms with Crippen molar-refractivity contribution in [3.05, 3.63) is 0 Å². The Morgan fingerprint density at radius 2 is 1.00 bits per heavy atom. The molecule has 0 amide bonds. The molecule has 0 aliphatic rings. The van der Waals surface area contributed by atoms with E-state index in [1.807, 2.05) is 0 Å². The van der Waals surface area contributed by atoms with Crippen LogP contribution in [0.3, 0.4) is 0 Å². The zero-order chi connectivity index (χ0) is 0. The average Bonchev–Trinajstić information content (AvgIpc) is 0. The van der Waals surface area contributed by atoms with Crippen molar-refractivity contribution >= 4 is 8.41 Å². The first-order valence-corrected chi connectivity index (χ1v) is 0. The van der Waals surface area contributed by atoms with Gasteiger partial charge in [-0.1, -0.05) is 0 Å². The van der Waals surface area contributed by atoms with E-state index in [4.69, 9.17) is 0 Å². The van der Waals surface area contributed by atoms with Crippen LogP contribution in [0.1, 0.15) is 0 Å². The van der Waals surface area contributed by atoms with Gasteiger partial charge in [-0.2, -0.15) is 0 Å². The van der Waals surface area contributed by atoms with Crippen molar-refractivity contribution in [2.45, 2.75) is 0 Å². The van der Waals surface area contributed by atoms with Crippen molar-refractivity contribution in [2.75, 3.05) is 0 Å². The molecule has 29 valence electrons. The number of hydrogen-bond donors (Lipinski definition) is 0. The van der Waals surface area contributed by atoms with Crippen molar-refractivity contribution in [3.63, 3.8) is 0 Å². The second-order valence-corrected chi connectivity index (χ2v) is 0. The summed E-state index contributed by atoms with van der Waals surface area (Å²) < 4.78 is 0. The maximum Gasteiger partial charge on any atom is 0 e. The van der Waals surface area contributed by atoms with Crippen molar-refractivity contribution in [3.8, 4) is 0 Å². The molecular weight excluding hydrogens is 315 g/mol. The molecule has 0 rings (SSSR count). The van der Waals surface area contributed by atoms with Gasteiger partial charge in [0, 0.05) is 62.1 Å². The normalized spacial score (nSPS) is 0. The van der Waals surface area contributed by atoms with Gasteiger partial charge in [-0.15, -0.1) is 0 Å². The summed E-state index contributed by atoms with van der Waals surface area (Å²) in [6.45, 7) is 0. The molecule has 5 radical (unpaired) electrons. The molecule has 0 spiro atoms. The number of rotatable bonds is 0. The van der Waals surface area contributed by atoms with E-state index in [1.165, 1.54) is 0 Å². The Morgan fingerprint density at radius 3 is 1.00 bits per heavy atom. The first-order chi connectivity index (χ1) is 0. The SMILES string of the molecule is [B].[Co].[Ni].[Re]. The molecule has 0 aliphatic heterocycles. The maximum atomic E-state index is 0. The van der Waals surface area contributed by atoms with Gasteiger partial charge in [-0.05, 0) is 0 Å². The van der Waals surface area contributed by atoms with Crippen molar-refractivity contribution in [1.29, 1.82) is 0 Å². The van der Waals surface area contributed by atoms with Crippen LogP contribution in [0, 0.1) is 0 Å². The Morgan fingerprint density at radius 1 is 1.00 bits per heavy atom. The van der Waals surface area contributed by atoms with E-state index in [0.717, 1.165) is 0 Å². The topological polar surface area (TPSA) is 0 Å². The molecule has 0 aromatic carbocycles. The monoisotopic (exact) mass is 315 g/mol. The van der Waals surface area contributed by atoms with E-state index < -0.39 is 0 Å². The fraction of sp³-hybridized carbons (Fsp3) is 0. The summed E-state index contributed by atoms with van der Waals surface area (Å²) in [7, 11) is 0. The van der Waals surface area contributed by atoms with Crippen LogP contribution >= 0.6 is 0 Å². The van der Waals surface area contributed by atoms with E-state index in [9.17, 15) is 0 Å². The molecule has 0 aromatic heterocycles. The van der Waals surface area contributed by atoms with Gasteiger partial charge in [0.2, 0.25) is 0 Å². The second kappa shape index (κ2) is 22.0. The summed E-state index contributed by atoms with van der Waals surface area (Å²) in [6, 6.07) is 0. The molecule has 0 unspecified atom stereocenters. The van der Waals surface area contributed by atoms with Crippen molar-refractivity contribution in [1.82, 2.24) is 0 Å². The van der Waals surface area contributed by atoms with Crippen LogP contribution in [-0.4, -0.2) is 8.41 Å². The second-order valence-electron chi connectivity index (χ2n) is 0. The van der Waals surface area contributed by atoms with Gasteiger partial charge >= 0.3 is 0 Å². The summed E-state index contributed by atoms with van der Waals surface area (Å²) in [5.74, 6) is 0. The number of hydrogen-bond acceptors (Lipinski definition) is 0. The Labute approximate surface area is 61.8 Å². The van der Waals surface area contributed by atoms with Gasteiger partial charge in [-0.3, -0.25) is 0 Å². The minimum absolute atomic E-state index is 0. The van der Waals surface area contributed by atoms with Crippen LogP contribution in [0.4, 0.5) is 0 Å². The zero-order valence-electron chi connectivity index (χ0n) is 1.60. The fourth-order valence-electron chi connectivity index (χ4n) is 0. The predicted octanol–water partition coefficient (Wildman–Crippen LogP) is -0.388. The van der Waals surface area contributed by atoms with Crippen LogP contribution < -0.4 is 0 Å². The Kier molecular flexibility index (Phi) is 236. The first kappa shape index (κ1) is 42.9. The Bertz CT molecular complexity index is 8.00. The molecule has 0 saturated carbocycles. The average molecular weight is 315 g/mol. The van der Waals surface area contributed by atoms with Gasteiger partial charge in [0.1, 0.15) is 0 Å². The van der Waals surface area contributed by atoms with E-state index in [1.54, 1.807) is 0 Å². The third kappa shape index (κ3) is 9.29. The predicted molar refractivity (Wildman–Crippen MR) is 5.75 cm³/mol. The molecule has 0 heterocycles. The summed E-state index contributed by atoms with van der Waals surface area (Å²) in [5.41, 5.74) is 0. The Balaban J connectivity index is 0. The van der Waals surface area contributed by atoms with Crippen molar-refractivity contribution < 1.29 is 53.7 Å². The first-order valence-electron chi connectivity index (χ1n) is 0. The molecule has 0 aromatic rings. The minimum atomic E-state index is 0. The zero-order valence-corrected chi connectivity index (χ0v) is 6.35. The quantitative estimate of drug-likeness (QED) is 0.535. The molecule has 0 N–H and O–H groups in total. The van der Waals surface area contributed by atoms with Crippen LogP contribution in [-0.2, 0) is 53.7 Å². The molecule has 0 aliphatic carbocycles. The largest absolute Gasteiger partial charge is 0 e. The molecule has 0 saturated heterocycles. The molecule has 0 bridgehead atoms. The minimum Gasteiger partial charge on any atom is 0 e. The standard InChI is InChI=1S/B.Co.Ni.Re. The van der Waals surface area contributed by atoms with Gasteiger partial charge in [0.25, 0.3) is 0 Å². The summed E-state index contributed by atoms with van der Waals surface area (Å²) in [6.07, 6.45) is 0. The molecule has 0 nitrogen and oxygen atoms in total.